The Kier molecular flexibility index (Phi) is 6.95. The Morgan fingerprint density at radius 2 is 1.92 bits per heavy atom. The van der Waals surface area contributed by atoms with Gasteiger partial charge in [0.15, 0.2) is 5.13 Å². The number of anilines is 1. The second kappa shape index (κ2) is 9.81. The minimum Gasteiger partial charge on any atom is -0.487 e. The van der Waals surface area contributed by atoms with Gasteiger partial charge in [0.2, 0.25) is 0 Å². The number of carboxylic acid groups (broad SMARTS) is 1. The van der Waals surface area contributed by atoms with Crippen molar-refractivity contribution >= 4 is 34.4 Å². The van der Waals surface area contributed by atoms with Crippen molar-refractivity contribution in [3.63, 3.8) is 0 Å². The van der Waals surface area contributed by atoms with E-state index >= 15 is 0 Å². The van der Waals surface area contributed by atoms with Crippen molar-refractivity contribution in [3.8, 4) is 17.0 Å². The number of para-hydroxylation sites is 1. The van der Waals surface area contributed by atoms with Crippen LogP contribution >= 0.6 is 11.3 Å². The van der Waals surface area contributed by atoms with Crippen LogP contribution in [-0.4, -0.2) is 22.0 Å². The average molecular weight is 513 g/mol. The summed E-state index contributed by atoms with van der Waals surface area (Å²) in [5.74, 6) is -3.31. The molecule has 3 aromatic rings. The predicted molar refractivity (Wildman–Crippen MR) is 135 cm³/mol. The monoisotopic (exact) mass is 512 g/mol. The van der Waals surface area contributed by atoms with Crippen LogP contribution in [0, 0.1) is 17.0 Å². The first-order chi connectivity index (χ1) is 16.9. The number of aliphatic carboxylic acids is 1. The van der Waals surface area contributed by atoms with Gasteiger partial charge in [0.1, 0.15) is 24.0 Å². The number of thiazole rings is 1. The van der Waals surface area contributed by atoms with E-state index in [1.807, 2.05) is 18.2 Å². The minimum absolute atomic E-state index is 0.184. The highest BCUT2D eigenvalue weighted by Gasteiger charge is 2.26. The first-order valence-electron chi connectivity index (χ1n) is 11.4. The molecule has 0 saturated heterocycles. The van der Waals surface area contributed by atoms with Crippen LogP contribution in [0.3, 0.4) is 0 Å². The number of hydrogen-bond acceptors (Lipinski definition) is 5. The first-order valence-corrected chi connectivity index (χ1v) is 12.2. The third-order valence-electron chi connectivity index (χ3n) is 5.80. The van der Waals surface area contributed by atoms with Gasteiger partial charge >= 0.3 is 5.97 Å². The van der Waals surface area contributed by atoms with Gasteiger partial charge in [-0.1, -0.05) is 44.2 Å². The maximum absolute atomic E-state index is 14.5. The number of carboxylic acids is 1. The third-order valence-corrected chi connectivity index (χ3v) is 6.75. The van der Waals surface area contributed by atoms with Gasteiger partial charge in [-0.15, -0.1) is 0 Å². The van der Waals surface area contributed by atoms with Crippen LogP contribution in [0.25, 0.3) is 17.3 Å². The molecule has 0 fully saturated rings. The van der Waals surface area contributed by atoms with E-state index in [1.54, 1.807) is 0 Å². The molecule has 6 nitrogen and oxygen atoms in total. The summed E-state index contributed by atoms with van der Waals surface area (Å²) in [6.45, 7) is 8.11. The molecule has 188 valence electrons. The van der Waals surface area contributed by atoms with Crippen LogP contribution in [0.4, 0.5) is 13.9 Å². The molecule has 0 spiro atoms. The summed E-state index contributed by atoms with van der Waals surface area (Å²) in [7, 11) is 0. The quantitative estimate of drug-likeness (QED) is 0.359. The number of ether oxygens (including phenoxy) is 1. The first kappa shape index (κ1) is 25.5. The van der Waals surface area contributed by atoms with Crippen molar-refractivity contribution in [3.05, 3.63) is 69.1 Å². The molecule has 2 N–H and O–H groups in total. The van der Waals surface area contributed by atoms with E-state index in [4.69, 9.17) is 9.84 Å². The number of rotatable bonds is 6. The molecule has 0 unspecified atom stereocenters. The van der Waals surface area contributed by atoms with Gasteiger partial charge in [0.25, 0.3) is 5.91 Å². The summed E-state index contributed by atoms with van der Waals surface area (Å²) in [4.78, 5) is 29.1. The van der Waals surface area contributed by atoms with Crippen molar-refractivity contribution < 1.29 is 28.2 Å². The summed E-state index contributed by atoms with van der Waals surface area (Å²) in [5.41, 5.74) is 1.85. The Hall–Kier alpha value is -3.59. The van der Waals surface area contributed by atoms with Gasteiger partial charge < -0.3 is 9.84 Å². The van der Waals surface area contributed by atoms with Crippen LogP contribution in [-0.2, 0) is 17.8 Å². The number of hydrogen-bond donors (Lipinski definition) is 2. The molecule has 0 bridgehead atoms. The third kappa shape index (κ3) is 5.46. The molecular weight excluding hydrogens is 486 g/mol. The number of fused-ring (bicyclic) bond motifs is 3. The number of amides is 1. The topological polar surface area (TPSA) is 88.5 Å². The highest BCUT2D eigenvalue weighted by atomic mass is 32.1. The number of carbonyl (C=O) groups is 2. The Labute approximate surface area is 211 Å². The molecular formula is C27H26F2N2O4S. The van der Waals surface area contributed by atoms with Gasteiger partial charge in [-0.2, -0.15) is 0 Å². The van der Waals surface area contributed by atoms with Gasteiger partial charge in [0.05, 0.1) is 10.6 Å². The van der Waals surface area contributed by atoms with Gasteiger partial charge in [-0.05, 0) is 55.0 Å². The highest BCUT2D eigenvalue weighted by Crippen LogP contribution is 2.43. The lowest BCUT2D eigenvalue weighted by Crippen LogP contribution is -2.13. The van der Waals surface area contributed by atoms with Gasteiger partial charge in [-0.3, -0.25) is 10.1 Å². The van der Waals surface area contributed by atoms with Crippen LogP contribution in [0.1, 0.15) is 60.5 Å². The Morgan fingerprint density at radius 1 is 1.22 bits per heavy atom. The molecule has 9 heteroatoms. The van der Waals surface area contributed by atoms with Crippen LogP contribution in [0.2, 0.25) is 0 Å². The summed E-state index contributed by atoms with van der Waals surface area (Å²) in [5, 5.41) is 11.8. The number of benzene rings is 2. The maximum Gasteiger partial charge on any atom is 0.331 e. The number of aromatic nitrogens is 1. The Bertz CT molecular complexity index is 1370. The molecule has 0 aliphatic carbocycles. The fraction of sp³-hybridized carbons (Fsp3) is 0.296. The van der Waals surface area contributed by atoms with E-state index in [-0.39, 0.29) is 21.7 Å². The molecule has 1 aliphatic heterocycles. The summed E-state index contributed by atoms with van der Waals surface area (Å²) < 4.78 is 35.0. The minimum atomic E-state index is -1.30. The SMILES string of the molecule is C/C(=C\c1c(F)cc(C(=O)Nc2nc3c(s2)COc2c(CCC(C)(C)C)cccc2-3)cc1F)C(=O)O. The number of nitrogens with zero attached hydrogens (tertiary/aromatic N) is 1. The second-order valence-corrected chi connectivity index (χ2v) is 11.0. The predicted octanol–water partition coefficient (Wildman–Crippen LogP) is 6.70. The summed E-state index contributed by atoms with van der Waals surface area (Å²) in [6, 6.07) is 7.67. The maximum atomic E-state index is 14.5. The number of carbonyl (C=O) groups excluding carboxylic acids is 1. The fourth-order valence-corrected chi connectivity index (χ4v) is 4.68. The zero-order valence-electron chi connectivity index (χ0n) is 20.4. The van der Waals surface area contributed by atoms with E-state index < -0.39 is 29.1 Å². The lowest BCUT2D eigenvalue weighted by molar-refractivity contribution is -0.132. The van der Waals surface area contributed by atoms with Crippen LogP contribution in [0.5, 0.6) is 5.75 Å². The molecule has 0 atom stereocenters. The largest absolute Gasteiger partial charge is 0.487 e. The molecule has 0 saturated carbocycles. The Balaban J connectivity index is 1.57. The van der Waals surface area contributed by atoms with E-state index in [0.717, 1.165) is 58.5 Å². The number of halogens is 2. The fourth-order valence-electron chi connectivity index (χ4n) is 3.80. The van der Waals surface area contributed by atoms with Gasteiger partial charge in [-0.25, -0.2) is 18.6 Å². The van der Waals surface area contributed by atoms with Crippen molar-refractivity contribution in [2.75, 3.05) is 5.32 Å². The van der Waals surface area contributed by atoms with E-state index in [1.165, 1.54) is 18.3 Å². The molecule has 36 heavy (non-hydrogen) atoms. The molecule has 0 radical (unpaired) electrons. The van der Waals surface area contributed by atoms with E-state index in [9.17, 15) is 18.4 Å². The highest BCUT2D eigenvalue weighted by molar-refractivity contribution is 7.16. The van der Waals surface area contributed by atoms with Crippen LogP contribution < -0.4 is 10.1 Å². The number of nitrogens with one attached hydrogen (secondary N) is 1. The van der Waals surface area contributed by atoms with Crippen molar-refractivity contribution in [2.45, 2.75) is 47.1 Å². The lowest BCUT2D eigenvalue weighted by atomic mass is 9.88. The van der Waals surface area contributed by atoms with Crippen molar-refractivity contribution in [2.24, 2.45) is 5.41 Å². The standard InChI is InChI=1S/C27H26F2N2O4S/c1-14(25(33)34)10-18-19(28)11-16(12-20(18)29)24(32)31-26-30-22-17-7-5-6-15(8-9-27(2,3)4)23(17)35-13-21(22)36-26/h5-7,10-12H,8-9,13H2,1-4H3,(H,33,34)(H,30,31,32)/b14-10+. The van der Waals surface area contributed by atoms with E-state index in [0.29, 0.717) is 6.61 Å². The Morgan fingerprint density at radius 3 is 2.56 bits per heavy atom. The summed E-state index contributed by atoms with van der Waals surface area (Å²) >= 11 is 1.24. The average Bonchev–Trinajstić information content (AvgIpc) is 3.22. The van der Waals surface area contributed by atoms with Gasteiger partial charge in [0, 0.05) is 22.3 Å². The van der Waals surface area contributed by atoms with E-state index in [2.05, 4.69) is 31.1 Å². The second-order valence-electron chi connectivity index (χ2n) is 9.87. The molecule has 2 aromatic carbocycles. The normalized spacial score (nSPS) is 13.0. The molecule has 4 rings (SSSR count). The van der Waals surface area contributed by atoms with Crippen LogP contribution in [0.15, 0.2) is 35.9 Å². The molecule has 1 amide bonds. The zero-order chi connectivity index (χ0) is 26.2. The zero-order valence-corrected chi connectivity index (χ0v) is 21.2. The molecule has 1 aliphatic rings. The molecule has 1 aromatic heterocycles. The lowest BCUT2D eigenvalue weighted by Gasteiger charge is -2.22. The smallest absolute Gasteiger partial charge is 0.331 e. The summed E-state index contributed by atoms with van der Waals surface area (Å²) in [6.07, 6.45) is 2.75. The van der Waals surface area contributed by atoms with Crippen molar-refractivity contribution in [1.82, 2.24) is 4.98 Å². The number of aryl methyl sites for hydroxylation is 1. The molecule has 2 heterocycles. The van der Waals surface area contributed by atoms with Crippen molar-refractivity contribution in [1.29, 1.82) is 0 Å².